The van der Waals surface area contributed by atoms with Crippen molar-refractivity contribution in [3.05, 3.63) is 63.7 Å². The summed E-state index contributed by atoms with van der Waals surface area (Å²) in [5.41, 5.74) is 4.51. The van der Waals surface area contributed by atoms with Crippen LogP contribution < -0.4 is 4.74 Å². The maximum Gasteiger partial charge on any atom is 0.284 e. The predicted octanol–water partition coefficient (Wildman–Crippen LogP) is 7.33. The number of fused-ring (bicyclic) bond motifs is 1. The zero-order valence-corrected chi connectivity index (χ0v) is 23.9. The number of aryl methyl sites for hydroxylation is 2. The van der Waals surface area contributed by atoms with Crippen LogP contribution in [0.3, 0.4) is 0 Å². The minimum atomic E-state index is -0.627. The fraction of sp³-hybridized carbons (Fsp3) is 0.500. The predicted molar refractivity (Wildman–Crippen MR) is 148 cm³/mol. The van der Waals surface area contributed by atoms with Gasteiger partial charge < -0.3 is 4.74 Å². The van der Waals surface area contributed by atoms with E-state index in [1.165, 1.54) is 11.0 Å². The molecule has 1 atom stereocenters. The molecule has 1 aliphatic rings. The van der Waals surface area contributed by atoms with Crippen LogP contribution in [0.5, 0.6) is 5.75 Å². The van der Waals surface area contributed by atoms with E-state index < -0.39 is 5.54 Å². The van der Waals surface area contributed by atoms with Crippen molar-refractivity contribution in [3.63, 3.8) is 0 Å². The lowest BCUT2D eigenvalue weighted by atomic mass is 10.0. The van der Waals surface area contributed by atoms with Gasteiger partial charge in [0.05, 0.1) is 5.54 Å². The molecule has 5 nitrogen and oxygen atoms in total. The van der Waals surface area contributed by atoms with Crippen LogP contribution >= 0.6 is 21.8 Å². The van der Waals surface area contributed by atoms with Gasteiger partial charge >= 0.3 is 0 Å². The second-order valence-corrected chi connectivity index (χ2v) is 12.6. The number of ether oxygens (including phenoxy) is 1. The maximum absolute atomic E-state index is 14.1. The van der Waals surface area contributed by atoms with Gasteiger partial charge in [0.25, 0.3) is 11.8 Å². The zero-order chi connectivity index (χ0) is 25.9. The molecule has 0 bridgehead atoms. The van der Waals surface area contributed by atoms with Crippen LogP contribution in [0.1, 0.15) is 90.4 Å². The van der Waals surface area contributed by atoms with Crippen molar-refractivity contribution in [1.82, 2.24) is 9.42 Å². The molecule has 0 N–H and O–H groups in total. The molecular weight excluding hydrogens is 476 g/mol. The lowest BCUT2D eigenvalue weighted by Gasteiger charge is -2.42. The van der Waals surface area contributed by atoms with Gasteiger partial charge in [0, 0.05) is 39.8 Å². The van der Waals surface area contributed by atoms with E-state index in [4.69, 9.17) is 4.74 Å². The molecule has 3 rings (SSSR count). The molecule has 0 saturated heterocycles. The molecule has 35 heavy (non-hydrogen) atoms. The van der Waals surface area contributed by atoms with Crippen LogP contribution in [0.2, 0.25) is 0 Å². The number of benzene rings is 2. The minimum Gasteiger partial charge on any atom is -0.490 e. The lowest BCUT2D eigenvalue weighted by molar-refractivity contribution is 0.000463. The van der Waals surface area contributed by atoms with Crippen molar-refractivity contribution in [2.24, 2.45) is 0 Å². The number of unbranched alkanes of at least 4 members (excludes halogenated alkanes) is 1. The third-order valence-electron chi connectivity index (χ3n) is 5.90. The standard InChI is InChI=1S/C28H38N2O3S2/c1-9-10-13-34-35-30(27(32)24-12-11-22-17-20(4)33-25(22)21(24)5)29(28(6,7)8)26(31)23-15-18(2)14-19(3)16-23/h11-12,14-16,20H,9-10,13,17H2,1-8H3. The first-order valence-corrected chi connectivity index (χ1v) is 14.6. The van der Waals surface area contributed by atoms with Gasteiger partial charge in [0.15, 0.2) is 0 Å². The first-order valence-electron chi connectivity index (χ1n) is 12.3. The smallest absolute Gasteiger partial charge is 0.284 e. The van der Waals surface area contributed by atoms with E-state index >= 15 is 0 Å². The third kappa shape index (κ3) is 6.36. The third-order valence-corrected chi connectivity index (χ3v) is 8.17. The lowest BCUT2D eigenvalue weighted by Crippen LogP contribution is -2.55. The fourth-order valence-electron chi connectivity index (χ4n) is 4.29. The molecule has 2 aromatic rings. The highest BCUT2D eigenvalue weighted by Gasteiger charge is 2.38. The summed E-state index contributed by atoms with van der Waals surface area (Å²) in [7, 11) is 2.94. The summed E-state index contributed by atoms with van der Waals surface area (Å²) in [6.07, 6.45) is 3.06. The Morgan fingerprint density at radius 2 is 1.71 bits per heavy atom. The number of hydrogen-bond acceptors (Lipinski definition) is 5. The number of carbonyl (C=O) groups excluding carboxylic acids is 2. The largest absolute Gasteiger partial charge is 0.490 e. The van der Waals surface area contributed by atoms with Crippen LogP contribution in [-0.4, -0.2) is 38.6 Å². The van der Waals surface area contributed by atoms with Gasteiger partial charge in [-0.25, -0.2) is 5.01 Å². The molecule has 0 aliphatic carbocycles. The number of rotatable bonds is 7. The number of nitrogens with zero attached hydrogens (tertiary/aromatic N) is 2. The van der Waals surface area contributed by atoms with Crippen molar-refractivity contribution in [1.29, 1.82) is 0 Å². The number of amides is 2. The van der Waals surface area contributed by atoms with Crippen molar-refractivity contribution in [3.8, 4) is 5.75 Å². The molecule has 0 fully saturated rings. The van der Waals surface area contributed by atoms with Gasteiger partial charge in [-0.2, -0.15) is 4.41 Å². The average Bonchev–Trinajstić information content (AvgIpc) is 3.15. The van der Waals surface area contributed by atoms with Gasteiger partial charge in [0.1, 0.15) is 11.9 Å². The Balaban J connectivity index is 2.05. The topological polar surface area (TPSA) is 49.9 Å². The molecule has 0 saturated carbocycles. The molecule has 0 radical (unpaired) electrons. The van der Waals surface area contributed by atoms with E-state index in [2.05, 4.69) is 6.92 Å². The second-order valence-electron chi connectivity index (χ2n) is 10.4. The highest BCUT2D eigenvalue weighted by Crippen LogP contribution is 2.39. The zero-order valence-electron chi connectivity index (χ0n) is 22.2. The van der Waals surface area contributed by atoms with Gasteiger partial charge in [0.2, 0.25) is 0 Å². The van der Waals surface area contributed by atoms with Crippen LogP contribution in [0, 0.1) is 20.8 Å². The van der Waals surface area contributed by atoms with Gasteiger partial charge in [-0.3, -0.25) is 9.59 Å². The van der Waals surface area contributed by atoms with E-state index in [1.807, 2.05) is 78.8 Å². The summed E-state index contributed by atoms with van der Waals surface area (Å²) in [6, 6.07) is 9.69. The summed E-state index contributed by atoms with van der Waals surface area (Å²) >= 11 is 0. The highest BCUT2D eigenvalue weighted by molar-refractivity contribution is 8.75. The Labute approximate surface area is 218 Å². The molecule has 1 heterocycles. The van der Waals surface area contributed by atoms with Crippen LogP contribution in [0.25, 0.3) is 0 Å². The van der Waals surface area contributed by atoms with E-state index in [1.54, 1.807) is 20.2 Å². The highest BCUT2D eigenvalue weighted by atomic mass is 33.1. The first kappa shape index (κ1) is 27.5. The maximum atomic E-state index is 14.1. The van der Waals surface area contributed by atoms with Crippen molar-refractivity contribution >= 4 is 33.6 Å². The molecule has 1 unspecified atom stereocenters. The summed E-state index contributed by atoms with van der Waals surface area (Å²) in [6.45, 7) is 16.0. The number of carbonyl (C=O) groups is 2. The quantitative estimate of drug-likeness (QED) is 0.168. The summed E-state index contributed by atoms with van der Waals surface area (Å²) in [4.78, 5) is 28.1. The van der Waals surface area contributed by atoms with Crippen LogP contribution in [-0.2, 0) is 6.42 Å². The Morgan fingerprint density at radius 1 is 1.06 bits per heavy atom. The molecule has 2 amide bonds. The van der Waals surface area contributed by atoms with Gasteiger partial charge in [-0.15, -0.1) is 0 Å². The molecule has 190 valence electrons. The van der Waals surface area contributed by atoms with E-state index in [0.29, 0.717) is 11.1 Å². The average molecular weight is 515 g/mol. The molecular formula is C28H38N2O3S2. The first-order chi connectivity index (χ1) is 16.4. The van der Waals surface area contributed by atoms with Crippen LogP contribution in [0.15, 0.2) is 30.3 Å². The van der Waals surface area contributed by atoms with E-state index in [-0.39, 0.29) is 17.9 Å². The molecule has 0 spiro atoms. The summed E-state index contributed by atoms with van der Waals surface area (Å²) < 4.78 is 7.59. The van der Waals surface area contributed by atoms with Gasteiger partial charge in [-0.1, -0.05) is 47.4 Å². The normalized spacial score (nSPS) is 14.9. The van der Waals surface area contributed by atoms with Crippen molar-refractivity contribution in [2.75, 3.05) is 5.75 Å². The Kier molecular flexibility index (Phi) is 8.86. The Bertz CT molecular complexity index is 1070. The molecule has 0 aromatic heterocycles. The number of hydrazine groups is 1. The van der Waals surface area contributed by atoms with Crippen molar-refractivity contribution in [2.45, 2.75) is 86.3 Å². The SMILES string of the molecule is CCCCSSN(C(=O)c1ccc2c(c1C)OC(C)C2)N(C(=O)c1cc(C)cc(C)c1)C(C)(C)C. The van der Waals surface area contributed by atoms with Crippen molar-refractivity contribution < 1.29 is 14.3 Å². The Morgan fingerprint density at radius 3 is 2.31 bits per heavy atom. The van der Waals surface area contributed by atoms with Crippen LogP contribution in [0.4, 0.5) is 0 Å². The minimum absolute atomic E-state index is 0.0985. The second kappa shape index (κ2) is 11.3. The van der Waals surface area contributed by atoms with Gasteiger partial charge in [-0.05, 0) is 78.6 Å². The van der Waals surface area contributed by atoms with E-state index in [9.17, 15) is 9.59 Å². The van der Waals surface area contributed by atoms with E-state index in [0.717, 1.165) is 53.0 Å². The Hall–Kier alpha value is -2.12. The monoisotopic (exact) mass is 514 g/mol. The number of hydrogen-bond donors (Lipinski definition) is 0. The summed E-state index contributed by atoms with van der Waals surface area (Å²) in [5.74, 6) is 1.29. The molecule has 2 aromatic carbocycles. The molecule has 7 heteroatoms. The fourth-order valence-corrected chi connectivity index (χ4v) is 6.70. The molecule has 1 aliphatic heterocycles. The summed E-state index contributed by atoms with van der Waals surface area (Å²) in [5, 5.41) is 1.61.